The van der Waals surface area contributed by atoms with Gasteiger partial charge in [0.1, 0.15) is 10.6 Å². The highest BCUT2D eigenvalue weighted by molar-refractivity contribution is 7.89. The lowest BCUT2D eigenvalue weighted by atomic mass is 9.86. The van der Waals surface area contributed by atoms with Gasteiger partial charge in [0.25, 0.3) is 0 Å². The van der Waals surface area contributed by atoms with E-state index >= 15 is 0 Å². The fraction of sp³-hybridized carbons (Fsp3) is 0.667. The summed E-state index contributed by atoms with van der Waals surface area (Å²) in [7, 11) is -3.61. The third kappa shape index (κ3) is 4.14. The molecule has 2 heterocycles. The second kappa shape index (κ2) is 8.23. The first-order valence-corrected chi connectivity index (χ1v) is 11.0. The molecule has 2 bridgehead atoms. The summed E-state index contributed by atoms with van der Waals surface area (Å²) in [5.41, 5.74) is 0. The smallest absolute Gasteiger partial charge is 0.246 e. The lowest BCUT2D eigenvalue weighted by Crippen LogP contribution is -2.39. The Labute approximate surface area is 166 Å². The van der Waals surface area contributed by atoms with E-state index in [9.17, 15) is 8.42 Å². The molecular weight excluding hydrogens is 395 g/mol. The summed E-state index contributed by atoms with van der Waals surface area (Å²) in [6, 6.07) is 5.61. The van der Waals surface area contributed by atoms with Gasteiger partial charge in [0, 0.05) is 30.2 Å². The maximum atomic E-state index is 13.3. The number of nitrogens with zero attached hydrogens (tertiary/aromatic N) is 1. The van der Waals surface area contributed by atoms with Crippen molar-refractivity contribution in [1.29, 1.82) is 0 Å². The lowest BCUT2D eigenvalue weighted by Gasteiger charge is -2.27. The van der Waals surface area contributed by atoms with Gasteiger partial charge in [0.05, 0.1) is 6.61 Å². The molecule has 3 fully saturated rings. The van der Waals surface area contributed by atoms with E-state index in [1.807, 2.05) is 0 Å². The van der Waals surface area contributed by atoms with Crippen molar-refractivity contribution in [3.63, 3.8) is 0 Å². The molecule has 3 aliphatic rings. The van der Waals surface area contributed by atoms with Crippen molar-refractivity contribution >= 4 is 34.0 Å². The van der Waals surface area contributed by atoms with Gasteiger partial charge >= 0.3 is 0 Å². The molecule has 2 atom stereocenters. The molecular formula is C18H26Cl2N2O3S. The highest BCUT2D eigenvalue weighted by Gasteiger charge is 2.36. The van der Waals surface area contributed by atoms with Crippen LogP contribution >= 0.6 is 24.0 Å². The Morgan fingerprint density at radius 2 is 1.92 bits per heavy atom. The van der Waals surface area contributed by atoms with Crippen molar-refractivity contribution in [2.24, 2.45) is 5.92 Å². The van der Waals surface area contributed by atoms with Crippen LogP contribution in [0.3, 0.4) is 0 Å². The molecule has 5 nitrogen and oxygen atoms in total. The van der Waals surface area contributed by atoms with Crippen LogP contribution in [0.2, 0.25) is 5.02 Å². The van der Waals surface area contributed by atoms with Gasteiger partial charge in [0.15, 0.2) is 0 Å². The lowest BCUT2D eigenvalue weighted by molar-refractivity contribution is 0.177. The van der Waals surface area contributed by atoms with Crippen LogP contribution < -0.4 is 10.1 Å². The number of rotatable bonds is 5. The van der Waals surface area contributed by atoms with Gasteiger partial charge in [-0.05, 0) is 56.2 Å². The van der Waals surface area contributed by atoms with Gasteiger partial charge in [0.2, 0.25) is 10.0 Å². The first kappa shape index (κ1) is 20.2. The van der Waals surface area contributed by atoms with Crippen LogP contribution in [0.25, 0.3) is 0 Å². The van der Waals surface area contributed by atoms with Crippen molar-refractivity contribution in [2.75, 3.05) is 19.7 Å². The van der Waals surface area contributed by atoms with Crippen molar-refractivity contribution in [1.82, 2.24) is 9.62 Å². The normalized spacial score (nSPS) is 26.7. The summed E-state index contributed by atoms with van der Waals surface area (Å²) in [6.45, 7) is 1.65. The van der Waals surface area contributed by atoms with Crippen molar-refractivity contribution in [3.05, 3.63) is 23.2 Å². The van der Waals surface area contributed by atoms with Crippen LogP contribution in [0.1, 0.15) is 38.5 Å². The van der Waals surface area contributed by atoms with Crippen LogP contribution in [-0.4, -0.2) is 44.5 Å². The quantitative estimate of drug-likeness (QED) is 0.791. The Morgan fingerprint density at radius 3 is 2.65 bits per heavy atom. The van der Waals surface area contributed by atoms with Crippen LogP contribution in [0.4, 0.5) is 0 Å². The number of nitrogens with one attached hydrogen (secondary N) is 1. The minimum Gasteiger partial charge on any atom is -0.492 e. The number of halogens is 2. The van der Waals surface area contributed by atoms with E-state index in [4.69, 9.17) is 16.3 Å². The van der Waals surface area contributed by atoms with Crippen LogP contribution in [-0.2, 0) is 10.0 Å². The number of hydrogen-bond donors (Lipinski definition) is 1. The summed E-state index contributed by atoms with van der Waals surface area (Å²) in [5, 5.41) is 3.94. The van der Waals surface area contributed by atoms with E-state index in [-0.39, 0.29) is 23.3 Å². The maximum absolute atomic E-state index is 13.3. The van der Waals surface area contributed by atoms with E-state index in [0.29, 0.717) is 42.4 Å². The summed E-state index contributed by atoms with van der Waals surface area (Å²) >= 11 is 6.11. The van der Waals surface area contributed by atoms with Crippen LogP contribution in [0.5, 0.6) is 5.75 Å². The number of hydrogen-bond acceptors (Lipinski definition) is 4. The van der Waals surface area contributed by atoms with Crippen LogP contribution in [0.15, 0.2) is 23.1 Å². The zero-order valence-corrected chi connectivity index (χ0v) is 17.1. The summed E-state index contributed by atoms with van der Waals surface area (Å²) in [4.78, 5) is 0.206. The van der Waals surface area contributed by atoms with E-state index in [2.05, 4.69) is 5.32 Å². The average Bonchev–Trinajstić information content (AvgIpc) is 2.85. The summed E-state index contributed by atoms with van der Waals surface area (Å²) in [6.07, 6.45) is 6.60. The molecule has 1 aliphatic carbocycles. The molecule has 1 aromatic carbocycles. The van der Waals surface area contributed by atoms with Crippen molar-refractivity contribution < 1.29 is 13.2 Å². The van der Waals surface area contributed by atoms with Gasteiger partial charge in [-0.15, -0.1) is 12.4 Å². The molecule has 0 spiro atoms. The van der Waals surface area contributed by atoms with Gasteiger partial charge in [-0.1, -0.05) is 18.0 Å². The molecule has 26 heavy (non-hydrogen) atoms. The van der Waals surface area contributed by atoms with Gasteiger partial charge in [-0.3, -0.25) is 0 Å². The monoisotopic (exact) mass is 420 g/mol. The first-order chi connectivity index (χ1) is 12.0. The first-order valence-electron chi connectivity index (χ1n) is 9.21. The van der Waals surface area contributed by atoms with E-state index in [1.165, 1.54) is 12.5 Å². The largest absolute Gasteiger partial charge is 0.492 e. The second-order valence-electron chi connectivity index (χ2n) is 7.49. The molecule has 0 radical (unpaired) electrons. The second-order valence-corrected chi connectivity index (χ2v) is 9.83. The van der Waals surface area contributed by atoms with Gasteiger partial charge in [-0.25, -0.2) is 8.42 Å². The Hall–Kier alpha value is -0.530. The summed E-state index contributed by atoms with van der Waals surface area (Å²) < 4.78 is 34.0. The Morgan fingerprint density at radius 1 is 1.15 bits per heavy atom. The number of benzene rings is 1. The van der Waals surface area contributed by atoms with Gasteiger partial charge in [-0.2, -0.15) is 4.31 Å². The molecule has 1 N–H and O–H groups in total. The molecule has 0 amide bonds. The fourth-order valence-corrected chi connectivity index (χ4v) is 5.83. The zero-order valence-electron chi connectivity index (χ0n) is 14.7. The van der Waals surface area contributed by atoms with Crippen LogP contribution in [0, 0.1) is 5.92 Å². The predicted octanol–water partition coefficient (Wildman–Crippen LogP) is 3.46. The highest BCUT2D eigenvalue weighted by atomic mass is 35.5. The molecule has 146 valence electrons. The Kier molecular flexibility index (Phi) is 6.40. The Balaban J connectivity index is 0.00000196. The van der Waals surface area contributed by atoms with E-state index < -0.39 is 10.0 Å². The average molecular weight is 421 g/mol. The third-order valence-corrected chi connectivity index (χ3v) is 7.83. The third-order valence-electron chi connectivity index (χ3n) is 5.71. The minimum absolute atomic E-state index is 0. The standard InChI is InChI=1S/C18H25ClN2O3S.ClH/c19-14-4-7-17(24-12-13-2-1-3-13)18(10-14)25(22,23)21-9-8-15-5-6-16(11-21)20-15;/h4,7,10,13,15-16,20H,1-3,5-6,8-9,11-12H2;1H. The van der Waals surface area contributed by atoms with Gasteiger partial charge < -0.3 is 10.1 Å². The maximum Gasteiger partial charge on any atom is 0.246 e. The molecule has 0 aromatic heterocycles. The number of ether oxygens (including phenoxy) is 1. The molecule has 2 unspecified atom stereocenters. The topological polar surface area (TPSA) is 58.6 Å². The predicted molar refractivity (Wildman–Crippen MR) is 105 cm³/mol. The zero-order chi connectivity index (χ0) is 17.4. The van der Waals surface area contributed by atoms with E-state index in [1.54, 1.807) is 16.4 Å². The summed E-state index contributed by atoms with van der Waals surface area (Å²) in [5.74, 6) is 0.975. The Bertz CT molecular complexity index is 740. The molecule has 2 aliphatic heterocycles. The molecule has 1 aromatic rings. The van der Waals surface area contributed by atoms with E-state index in [0.717, 1.165) is 32.1 Å². The molecule has 4 rings (SSSR count). The number of fused-ring (bicyclic) bond motifs is 2. The number of sulfonamides is 1. The molecule has 2 saturated heterocycles. The fourth-order valence-electron chi connectivity index (χ4n) is 3.94. The van der Waals surface area contributed by atoms with Crippen molar-refractivity contribution in [3.8, 4) is 5.75 Å². The minimum atomic E-state index is -3.61. The van der Waals surface area contributed by atoms with Crippen molar-refractivity contribution in [2.45, 2.75) is 55.5 Å². The highest BCUT2D eigenvalue weighted by Crippen LogP contribution is 2.34. The SMILES string of the molecule is Cl.O=S(=O)(c1cc(Cl)ccc1OCC1CCC1)N1CCC2CCC(C1)N2. The molecule has 8 heteroatoms. The molecule has 1 saturated carbocycles.